The van der Waals surface area contributed by atoms with Crippen molar-refractivity contribution in [3.05, 3.63) is 24.3 Å². The van der Waals surface area contributed by atoms with Crippen molar-refractivity contribution in [2.45, 2.75) is 6.92 Å². The van der Waals surface area contributed by atoms with Gasteiger partial charge in [-0.3, -0.25) is 0 Å². The minimum Gasteiger partial charge on any atom is -0.395 e. The van der Waals surface area contributed by atoms with Crippen molar-refractivity contribution < 1.29 is 5.11 Å². The summed E-state index contributed by atoms with van der Waals surface area (Å²) in [5.74, 6) is 0. The fraction of sp³-hybridized carbons (Fsp3) is 0.455. The highest BCUT2D eigenvalue weighted by atomic mass is 16.3. The Morgan fingerprint density at radius 2 is 1.86 bits per heavy atom. The molecule has 2 rings (SSSR count). The number of anilines is 2. The van der Waals surface area contributed by atoms with Gasteiger partial charge in [-0.05, 0) is 19.1 Å². The molecule has 76 valence electrons. The number of β-amino-alcohol motifs (C(OH)–C–C–N with tert-alkyl or cyclic N) is 1. The maximum Gasteiger partial charge on any atom is 0.0905 e. The third-order valence-electron chi connectivity index (χ3n) is 2.66. The lowest BCUT2D eigenvalue weighted by Crippen LogP contribution is -2.32. The summed E-state index contributed by atoms with van der Waals surface area (Å²) >= 11 is 0. The van der Waals surface area contributed by atoms with Gasteiger partial charge in [0, 0.05) is 13.1 Å². The number of para-hydroxylation sites is 2. The lowest BCUT2D eigenvalue weighted by molar-refractivity contribution is 0.302. The van der Waals surface area contributed by atoms with Gasteiger partial charge in [-0.1, -0.05) is 12.1 Å². The lowest BCUT2D eigenvalue weighted by Gasteiger charge is -2.19. The van der Waals surface area contributed by atoms with E-state index in [4.69, 9.17) is 5.11 Å². The highest BCUT2D eigenvalue weighted by Gasteiger charge is 2.22. The van der Waals surface area contributed by atoms with Gasteiger partial charge in [0.1, 0.15) is 0 Å². The first kappa shape index (κ1) is 9.34. The van der Waals surface area contributed by atoms with Gasteiger partial charge in [0.15, 0.2) is 0 Å². The van der Waals surface area contributed by atoms with Crippen molar-refractivity contribution in [1.82, 2.24) is 0 Å². The average Bonchev–Trinajstić information content (AvgIpc) is 2.58. The van der Waals surface area contributed by atoms with E-state index in [1.807, 2.05) is 6.07 Å². The predicted molar refractivity (Wildman–Crippen MR) is 58.8 cm³/mol. The van der Waals surface area contributed by atoms with E-state index >= 15 is 0 Å². The molecule has 0 spiro atoms. The van der Waals surface area contributed by atoms with Crippen molar-refractivity contribution in [2.75, 3.05) is 36.2 Å². The van der Waals surface area contributed by atoms with Gasteiger partial charge in [0.25, 0.3) is 0 Å². The quantitative estimate of drug-likeness (QED) is 0.781. The molecule has 3 nitrogen and oxygen atoms in total. The molecule has 0 unspecified atom stereocenters. The van der Waals surface area contributed by atoms with Gasteiger partial charge in [-0.25, -0.2) is 0 Å². The zero-order chi connectivity index (χ0) is 9.97. The fourth-order valence-corrected chi connectivity index (χ4v) is 1.94. The molecular formula is C11H16N2O. The van der Waals surface area contributed by atoms with Gasteiger partial charge in [0.2, 0.25) is 0 Å². The summed E-state index contributed by atoms with van der Waals surface area (Å²) < 4.78 is 0. The van der Waals surface area contributed by atoms with Gasteiger partial charge in [0.05, 0.1) is 24.7 Å². The highest BCUT2D eigenvalue weighted by molar-refractivity contribution is 5.76. The van der Waals surface area contributed by atoms with Crippen LogP contribution in [0, 0.1) is 0 Å². The molecule has 1 N–H and O–H groups in total. The topological polar surface area (TPSA) is 26.7 Å². The number of aliphatic hydroxyl groups is 1. The van der Waals surface area contributed by atoms with E-state index in [1.165, 1.54) is 11.4 Å². The van der Waals surface area contributed by atoms with Crippen LogP contribution in [-0.4, -0.2) is 31.5 Å². The minimum absolute atomic E-state index is 0.214. The first-order chi connectivity index (χ1) is 6.86. The summed E-state index contributed by atoms with van der Waals surface area (Å²) in [4.78, 5) is 4.52. The van der Waals surface area contributed by atoms with Crippen molar-refractivity contribution in [3.8, 4) is 0 Å². The van der Waals surface area contributed by atoms with Crippen LogP contribution < -0.4 is 9.80 Å². The second-order valence-corrected chi connectivity index (χ2v) is 3.47. The molecule has 0 aliphatic carbocycles. The third-order valence-corrected chi connectivity index (χ3v) is 2.66. The van der Waals surface area contributed by atoms with Crippen LogP contribution in [0.1, 0.15) is 6.92 Å². The third kappa shape index (κ3) is 1.44. The van der Waals surface area contributed by atoms with Crippen LogP contribution in [0.3, 0.4) is 0 Å². The summed E-state index contributed by atoms with van der Waals surface area (Å²) in [5.41, 5.74) is 2.52. The van der Waals surface area contributed by atoms with E-state index < -0.39 is 0 Å². The molecule has 0 bridgehead atoms. The van der Waals surface area contributed by atoms with Crippen molar-refractivity contribution >= 4 is 11.4 Å². The van der Waals surface area contributed by atoms with Crippen LogP contribution in [0.25, 0.3) is 0 Å². The molecule has 1 heterocycles. The van der Waals surface area contributed by atoms with E-state index in [-0.39, 0.29) is 6.61 Å². The van der Waals surface area contributed by atoms with Crippen molar-refractivity contribution in [3.63, 3.8) is 0 Å². The Morgan fingerprint density at radius 1 is 1.21 bits per heavy atom. The maximum absolute atomic E-state index is 8.95. The van der Waals surface area contributed by atoms with Crippen LogP contribution in [0.2, 0.25) is 0 Å². The molecule has 1 aliphatic rings. The molecule has 3 heteroatoms. The number of aliphatic hydroxyl groups excluding tert-OH is 1. The Hall–Kier alpha value is -1.22. The van der Waals surface area contributed by atoms with Gasteiger partial charge in [-0.2, -0.15) is 0 Å². The first-order valence-electron chi connectivity index (χ1n) is 5.06. The van der Waals surface area contributed by atoms with E-state index in [2.05, 4.69) is 34.9 Å². The SMILES string of the molecule is CCN1CN(CCO)c2ccccc21. The summed E-state index contributed by atoms with van der Waals surface area (Å²) in [7, 11) is 0. The number of nitrogens with zero attached hydrogens (tertiary/aromatic N) is 2. The summed E-state index contributed by atoms with van der Waals surface area (Å²) in [6, 6.07) is 8.35. The molecule has 14 heavy (non-hydrogen) atoms. The number of hydrogen-bond acceptors (Lipinski definition) is 3. The molecule has 0 fully saturated rings. The number of fused-ring (bicyclic) bond motifs is 1. The van der Waals surface area contributed by atoms with Crippen LogP contribution >= 0.6 is 0 Å². The maximum atomic E-state index is 8.95. The Morgan fingerprint density at radius 3 is 2.43 bits per heavy atom. The van der Waals surface area contributed by atoms with Gasteiger partial charge in [-0.15, -0.1) is 0 Å². The summed E-state index contributed by atoms with van der Waals surface area (Å²) in [6.45, 7) is 4.99. The van der Waals surface area contributed by atoms with Crippen LogP contribution in [0.4, 0.5) is 11.4 Å². The molecule has 0 aromatic heterocycles. The number of benzene rings is 1. The standard InChI is InChI=1S/C11H16N2O/c1-2-12-9-13(7-8-14)11-6-4-3-5-10(11)12/h3-6,14H,2,7-9H2,1H3. The Kier molecular flexibility index (Phi) is 2.59. The highest BCUT2D eigenvalue weighted by Crippen LogP contribution is 2.34. The largest absolute Gasteiger partial charge is 0.395 e. The molecule has 0 saturated carbocycles. The first-order valence-corrected chi connectivity index (χ1v) is 5.06. The molecule has 0 saturated heterocycles. The van der Waals surface area contributed by atoms with Crippen LogP contribution in [0.5, 0.6) is 0 Å². The second kappa shape index (κ2) is 3.88. The molecule has 0 radical (unpaired) electrons. The van der Waals surface area contributed by atoms with E-state index in [1.54, 1.807) is 0 Å². The molecular weight excluding hydrogens is 176 g/mol. The zero-order valence-electron chi connectivity index (χ0n) is 8.48. The van der Waals surface area contributed by atoms with Crippen LogP contribution in [0.15, 0.2) is 24.3 Å². The van der Waals surface area contributed by atoms with Gasteiger partial charge >= 0.3 is 0 Å². The molecule has 0 amide bonds. The van der Waals surface area contributed by atoms with E-state index in [0.717, 1.165) is 13.2 Å². The summed E-state index contributed by atoms with van der Waals surface area (Å²) in [5, 5.41) is 8.95. The van der Waals surface area contributed by atoms with E-state index in [0.29, 0.717) is 6.54 Å². The van der Waals surface area contributed by atoms with E-state index in [9.17, 15) is 0 Å². The monoisotopic (exact) mass is 192 g/mol. The van der Waals surface area contributed by atoms with Gasteiger partial charge < -0.3 is 14.9 Å². The molecule has 0 atom stereocenters. The molecule has 1 aromatic rings. The second-order valence-electron chi connectivity index (χ2n) is 3.47. The average molecular weight is 192 g/mol. The number of hydrogen-bond donors (Lipinski definition) is 1. The summed E-state index contributed by atoms with van der Waals surface area (Å²) in [6.07, 6.45) is 0. The fourth-order valence-electron chi connectivity index (χ4n) is 1.94. The van der Waals surface area contributed by atoms with Crippen molar-refractivity contribution in [1.29, 1.82) is 0 Å². The Balaban J connectivity index is 2.29. The number of rotatable bonds is 3. The molecule has 1 aromatic carbocycles. The normalized spacial score (nSPS) is 14.7. The van der Waals surface area contributed by atoms with Crippen LogP contribution in [-0.2, 0) is 0 Å². The lowest BCUT2D eigenvalue weighted by atomic mass is 10.2. The zero-order valence-corrected chi connectivity index (χ0v) is 8.48. The predicted octanol–water partition coefficient (Wildman–Crippen LogP) is 1.28. The van der Waals surface area contributed by atoms with Crippen molar-refractivity contribution in [2.24, 2.45) is 0 Å². The smallest absolute Gasteiger partial charge is 0.0905 e. The Bertz CT molecular complexity index is 314. The molecule has 1 aliphatic heterocycles. The Labute approximate surface area is 84.6 Å². The minimum atomic E-state index is 0.214.